The molecule has 1 aliphatic heterocycles. The van der Waals surface area contributed by atoms with Crippen molar-refractivity contribution in [1.29, 1.82) is 0 Å². The van der Waals surface area contributed by atoms with E-state index < -0.39 is 16.8 Å². The number of hydrogen-bond acceptors (Lipinski definition) is 5. The summed E-state index contributed by atoms with van der Waals surface area (Å²) in [6.07, 6.45) is 0.606. The first-order valence-electron chi connectivity index (χ1n) is 6.97. The van der Waals surface area contributed by atoms with Gasteiger partial charge in [-0.25, -0.2) is 8.70 Å². The van der Waals surface area contributed by atoms with Crippen molar-refractivity contribution in [3.8, 4) is 0 Å². The van der Waals surface area contributed by atoms with E-state index in [9.17, 15) is 13.5 Å². The lowest BCUT2D eigenvalue weighted by Gasteiger charge is -2.43. The summed E-state index contributed by atoms with van der Waals surface area (Å²) in [5.74, 6) is -0.502. The lowest BCUT2D eigenvalue weighted by atomic mass is 10.2. The van der Waals surface area contributed by atoms with Crippen LogP contribution in [-0.4, -0.2) is 22.2 Å². The number of hydrogen-bond donors (Lipinski definition) is 3. The van der Waals surface area contributed by atoms with Gasteiger partial charge in [-0.1, -0.05) is 24.3 Å². The largest absolute Gasteiger partial charge is 0.330 e. The Morgan fingerprint density at radius 3 is 2.18 bits per heavy atom. The van der Waals surface area contributed by atoms with Gasteiger partial charge in [0.2, 0.25) is 0 Å². The van der Waals surface area contributed by atoms with E-state index in [0.29, 0.717) is 30.9 Å². The Hall–Kier alpha value is -1.80. The Labute approximate surface area is 130 Å². The molecule has 0 radical (unpaired) electrons. The standard InChI is InChI=1S/C15H18FN3O2S/c16-12-6-1-2-7-13(12)19-15-9-4-3-8-14(15)18(11-5-10-17)22(19,20)21/h1-4,6-9,20-21H,5,10-11,17H2. The molecule has 0 saturated heterocycles. The topological polar surface area (TPSA) is 73.0 Å². The Morgan fingerprint density at radius 2 is 1.55 bits per heavy atom. The second-order valence-electron chi connectivity index (χ2n) is 4.97. The highest BCUT2D eigenvalue weighted by atomic mass is 32.3. The minimum absolute atomic E-state index is 0.144. The zero-order valence-corrected chi connectivity index (χ0v) is 12.7. The maximum absolute atomic E-state index is 14.2. The molecule has 7 heteroatoms. The molecule has 0 bridgehead atoms. The van der Waals surface area contributed by atoms with Crippen LogP contribution >= 0.6 is 11.0 Å². The summed E-state index contributed by atoms with van der Waals surface area (Å²) in [4.78, 5) is 0. The average Bonchev–Trinajstić information content (AvgIpc) is 2.72. The third-order valence-electron chi connectivity index (χ3n) is 3.55. The molecule has 1 aliphatic rings. The molecule has 1 heterocycles. The molecule has 0 spiro atoms. The molecule has 0 amide bonds. The van der Waals surface area contributed by atoms with E-state index in [2.05, 4.69) is 0 Å². The smallest absolute Gasteiger partial charge is 0.148 e. The molecule has 0 fully saturated rings. The Kier molecular flexibility index (Phi) is 3.96. The Morgan fingerprint density at radius 1 is 0.955 bits per heavy atom. The number of para-hydroxylation sites is 3. The zero-order valence-electron chi connectivity index (χ0n) is 11.9. The monoisotopic (exact) mass is 323 g/mol. The number of nitrogens with zero attached hydrogens (tertiary/aromatic N) is 2. The normalized spacial score (nSPS) is 17.5. The molecule has 2 aromatic carbocycles. The molecule has 0 unspecified atom stereocenters. The van der Waals surface area contributed by atoms with Crippen LogP contribution < -0.4 is 14.3 Å². The summed E-state index contributed by atoms with van der Waals surface area (Å²) in [6, 6.07) is 13.2. The van der Waals surface area contributed by atoms with Crippen LogP contribution in [0.15, 0.2) is 48.5 Å². The van der Waals surface area contributed by atoms with Crippen molar-refractivity contribution in [2.24, 2.45) is 5.73 Å². The van der Waals surface area contributed by atoms with E-state index >= 15 is 0 Å². The van der Waals surface area contributed by atoms with E-state index in [1.54, 1.807) is 30.3 Å². The van der Waals surface area contributed by atoms with Crippen molar-refractivity contribution in [1.82, 2.24) is 0 Å². The van der Waals surface area contributed by atoms with Gasteiger partial charge in [0.1, 0.15) is 11.5 Å². The summed E-state index contributed by atoms with van der Waals surface area (Å²) < 4.78 is 38.4. The number of benzene rings is 2. The SMILES string of the molecule is NCCCN1c2ccccc2N(c2ccccc2F)S1(O)O. The second-order valence-corrected chi connectivity index (χ2v) is 6.75. The van der Waals surface area contributed by atoms with Crippen molar-refractivity contribution in [2.75, 3.05) is 21.7 Å². The maximum Gasteiger partial charge on any atom is 0.148 e. The molecule has 0 aromatic heterocycles. The third-order valence-corrected chi connectivity index (χ3v) is 5.40. The van der Waals surface area contributed by atoms with E-state index in [0.717, 1.165) is 0 Å². The van der Waals surface area contributed by atoms with Crippen LogP contribution in [0.1, 0.15) is 6.42 Å². The molecule has 5 nitrogen and oxygen atoms in total. The van der Waals surface area contributed by atoms with Gasteiger partial charge in [0, 0.05) is 6.54 Å². The fraction of sp³-hybridized carbons (Fsp3) is 0.200. The number of halogens is 1. The first-order valence-corrected chi connectivity index (χ1v) is 8.43. The van der Waals surface area contributed by atoms with Crippen molar-refractivity contribution in [2.45, 2.75) is 6.42 Å². The number of rotatable bonds is 4. The van der Waals surface area contributed by atoms with Crippen LogP contribution in [0.25, 0.3) is 0 Å². The first-order chi connectivity index (χ1) is 10.6. The number of fused-ring (bicyclic) bond motifs is 1. The lowest BCUT2D eigenvalue weighted by molar-refractivity contribution is 0.483. The maximum atomic E-state index is 14.2. The summed E-state index contributed by atoms with van der Waals surface area (Å²) in [5, 5.41) is 0. The van der Waals surface area contributed by atoms with Gasteiger partial charge in [-0.15, -0.1) is 0 Å². The van der Waals surface area contributed by atoms with E-state index in [1.807, 2.05) is 6.07 Å². The molecule has 3 rings (SSSR count). The van der Waals surface area contributed by atoms with Crippen molar-refractivity contribution < 1.29 is 13.5 Å². The van der Waals surface area contributed by atoms with E-state index in [-0.39, 0.29) is 5.69 Å². The van der Waals surface area contributed by atoms with Gasteiger partial charge >= 0.3 is 0 Å². The average molecular weight is 323 g/mol. The minimum Gasteiger partial charge on any atom is -0.330 e. The van der Waals surface area contributed by atoms with Crippen LogP contribution in [-0.2, 0) is 0 Å². The van der Waals surface area contributed by atoms with Gasteiger partial charge in [-0.3, -0.25) is 13.4 Å². The minimum atomic E-state index is -3.36. The van der Waals surface area contributed by atoms with Gasteiger partial charge in [0.05, 0.1) is 11.4 Å². The molecule has 0 atom stereocenters. The predicted molar refractivity (Wildman–Crippen MR) is 88.8 cm³/mol. The fourth-order valence-corrected chi connectivity index (χ4v) is 4.38. The summed E-state index contributed by atoms with van der Waals surface area (Å²) >= 11 is 0. The van der Waals surface area contributed by atoms with Gasteiger partial charge in [0.25, 0.3) is 0 Å². The molecule has 2 aromatic rings. The predicted octanol–water partition coefficient (Wildman–Crippen LogP) is 3.71. The molecule has 0 saturated carbocycles. The van der Waals surface area contributed by atoms with Crippen molar-refractivity contribution in [3.05, 3.63) is 54.3 Å². The molecule has 0 aliphatic carbocycles. The number of anilines is 3. The van der Waals surface area contributed by atoms with Crippen molar-refractivity contribution >= 4 is 28.0 Å². The van der Waals surface area contributed by atoms with Crippen LogP contribution in [0.5, 0.6) is 0 Å². The van der Waals surface area contributed by atoms with Crippen molar-refractivity contribution in [3.63, 3.8) is 0 Å². The summed E-state index contributed by atoms with van der Waals surface area (Å²) in [5.41, 5.74) is 6.91. The highest BCUT2D eigenvalue weighted by molar-refractivity contribution is 8.27. The quantitative estimate of drug-likeness (QED) is 0.800. The van der Waals surface area contributed by atoms with Gasteiger partial charge in [0.15, 0.2) is 0 Å². The number of nitrogens with two attached hydrogens (primary N) is 1. The first kappa shape index (κ1) is 15.1. The van der Waals surface area contributed by atoms with Gasteiger partial charge < -0.3 is 5.73 Å². The van der Waals surface area contributed by atoms with Crippen LogP contribution in [0.4, 0.5) is 21.5 Å². The fourth-order valence-electron chi connectivity index (χ4n) is 2.57. The highest BCUT2D eigenvalue weighted by Gasteiger charge is 2.42. The van der Waals surface area contributed by atoms with Gasteiger partial charge in [-0.05, 0) is 48.2 Å². The third kappa shape index (κ3) is 2.32. The molecular weight excluding hydrogens is 305 g/mol. The second kappa shape index (κ2) is 5.77. The van der Waals surface area contributed by atoms with Crippen LogP contribution in [0, 0.1) is 5.82 Å². The molecular formula is C15H18FN3O2S. The Balaban J connectivity index is 2.12. The summed E-state index contributed by atoms with van der Waals surface area (Å²) in [6.45, 7) is 0.828. The molecule has 118 valence electrons. The van der Waals surface area contributed by atoms with Crippen LogP contribution in [0.3, 0.4) is 0 Å². The summed E-state index contributed by atoms with van der Waals surface area (Å²) in [7, 11) is -3.36. The van der Waals surface area contributed by atoms with Crippen LogP contribution in [0.2, 0.25) is 0 Å². The molecule has 22 heavy (non-hydrogen) atoms. The van der Waals surface area contributed by atoms with Gasteiger partial charge in [-0.2, -0.15) is 0 Å². The highest BCUT2D eigenvalue weighted by Crippen LogP contribution is 2.64. The lowest BCUT2D eigenvalue weighted by Crippen LogP contribution is -2.32. The van der Waals surface area contributed by atoms with E-state index in [1.165, 1.54) is 20.7 Å². The molecule has 4 N–H and O–H groups in total. The van der Waals surface area contributed by atoms with E-state index in [4.69, 9.17) is 5.73 Å². The Bertz CT molecular complexity index is 683. The zero-order chi connectivity index (χ0) is 15.7.